The Bertz CT molecular complexity index is 486. The van der Waals surface area contributed by atoms with Gasteiger partial charge < -0.3 is 4.74 Å². The third-order valence-corrected chi connectivity index (χ3v) is 3.18. The SMILES string of the molecule is COC(=O)[C@@H]1C[C@@H](N=[N+]=[N-])CN1Cc1cccnc1. The Hall–Kier alpha value is -2.11. The van der Waals surface area contributed by atoms with Crippen LogP contribution in [0.25, 0.3) is 10.4 Å². The van der Waals surface area contributed by atoms with Crippen LogP contribution in [0.4, 0.5) is 0 Å². The molecular weight excluding hydrogens is 246 g/mol. The fraction of sp³-hybridized carbons (Fsp3) is 0.500. The van der Waals surface area contributed by atoms with E-state index >= 15 is 0 Å². The summed E-state index contributed by atoms with van der Waals surface area (Å²) >= 11 is 0. The summed E-state index contributed by atoms with van der Waals surface area (Å²) in [5, 5.41) is 3.70. The number of esters is 1. The Labute approximate surface area is 110 Å². The molecule has 1 aliphatic heterocycles. The first-order valence-electron chi connectivity index (χ1n) is 5.99. The second-order valence-electron chi connectivity index (χ2n) is 4.42. The van der Waals surface area contributed by atoms with Crippen LogP contribution in [0.1, 0.15) is 12.0 Å². The van der Waals surface area contributed by atoms with Gasteiger partial charge in [0.25, 0.3) is 0 Å². The van der Waals surface area contributed by atoms with Crippen molar-refractivity contribution in [2.24, 2.45) is 5.11 Å². The molecule has 0 aliphatic carbocycles. The Kier molecular flexibility index (Phi) is 4.33. The van der Waals surface area contributed by atoms with Gasteiger partial charge in [-0.2, -0.15) is 0 Å². The van der Waals surface area contributed by atoms with Gasteiger partial charge >= 0.3 is 5.97 Å². The predicted octanol–water partition coefficient (Wildman–Crippen LogP) is 1.51. The quantitative estimate of drug-likeness (QED) is 0.355. The molecule has 0 aromatic carbocycles. The van der Waals surface area contributed by atoms with E-state index in [0.717, 1.165) is 5.56 Å². The first kappa shape index (κ1) is 13.3. The van der Waals surface area contributed by atoms with E-state index in [1.165, 1.54) is 7.11 Å². The number of azide groups is 1. The average molecular weight is 261 g/mol. The van der Waals surface area contributed by atoms with E-state index in [4.69, 9.17) is 10.3 Å². The van der Waals surface area contributed by atoms with Crippen molar-refractivity contribution in [1.82, 2.24) is 9.88 Å². The predicted molar refractivity (Wildman–Crippen MR) is 68.0 cm³/mol. The largest absolute Gasteiger partial charge is 0.468 e. The molecule has 2 rings (SSSR count). The zero-order valence-electron chi connectivity index (χ0n) is 10.6. The monoisotopic (exact) mass is 261 g/mol. The molecule has 7 nitrogen and oxygen atoms in total. The van der Waals surface area contributed by atoms with Gasteiger partial charge in [0.2, 0.25) is 0 Å². The van der Waals surface area contributed by atoms with E-state index in [1.54, 1.807) is 12.4 Å². The number of hydrogen-bond donors (Lipinski definition) is 0. The van der Waals surface area contributed by atoms with Crippen LogP contribution in [0.2, 0.25) is 0 Å². The highest BCUT2D eigenvalue weighted by Crippen LogP contribution is 2.23. The minimum absolute atomic E-state index is 0.189. The van der Waals surface area contributed by atoms with E-state index in [2.05, 4.69) is 15.0 Å². The lowest BCUT2D eigenvalue weighted by Gasteiger charge is -2.21. The number of pyridine rings is 1. The van der Waals surface area contributed by atoms with Gasteiger partial charge in [-0.25, -0.2) is 0 Å². The van der Waals surface area contributed by atoms with Crippen molar-refractivity contribution >= 4 is 5.97 Å². The van der Waals surface area contributed by atoms with E-state index in [1.807, 2.05) is 17.0 Å². The Morgan fingerprint density at radius 1 is 1.74 bits per heavy atom. The summed E-state index contributed by atoms with van der Waals surface area (Å²) in [5.74, 6) is -0.292. The summed E-state index contributed by atoms with van der Waals surface area (Å²) < 4.78 is 4.80. The molecule has 1 aromatic heterocycles. The van der Waals surface area contributed by atoms with Crippen LogP contribution in [-0.4, -0.2) is 41.6 Å². The van der Waals surface area contributed by atoms with Crippen LogP contribution in [0.5, 0.6) is 0 Å². The topological polar surface area (TPSA) is 91.2 Å². The number of methoxy groups -OCH3 is 1. The highest BCUT2D eigenvalue weighted by atomic mass is 16.5. The van der Waals surface area contributed by atoms with Crippen molar-refractivity contribution in [3.05, 3.63) is 40.5 Å². The molecule has 1 fully saturated rings. The summed E-state index contributed by atoms with van der Waals surface area (Å²) in [6.07, 6.45) is 3.96. The normalized spacial score (nSPS) is 22.8. The van der Waals surface area contributed by atoms with Crippen molar-refractivity contribution in [3.63, 3.8) is 0 Å². The van der Waals surface area contributed by atoms with Crippen LogP contribution < -0.4 is 0 Å². The molecule has 100 valence electrons. The molecule has 0 N–H and O–H groups in total. The molecule has 0 amide bonds. The molecule has 1 saturated heterocycles. The molecule has 0 saturated carbocycles. The van der Waals surface area contributed by atoms with E-state index in [9.17, 15) is 4.79 Å². The zero-order chi connectivity index (χ0) is 13.7. The first-order chi connectivity index (χ1) is 9.24. The van der Waals surface area contributed by atoms with Crippen LogP contribution >= 0.6 is 0 Å². The van der Waals surface area contributed by atoms with E-state index in [-0.39, 0.29) is 18.1 Å². The van der Waals surface area contributed by atoms with Crippen molar-refractivity contribution in [1.29, 1.82) is 0 Å². The summed E-state index contributed by atoms with van der Waals surface area (Å²) in [6.45, 7) is 1.14. The number of rotatable bonds is 4. The van der Waals surface area contributed by atoms with Gasteiger partial charge in [0.1, 0.15) is 6.04 Å². The highest BCUT2D eigenvalue weighted by molar-refractivity contribution is 5.76. The summed E-state index contributed by atoms with van der Waals surface area (Å²) in [4.78, 5) is 20.6. The smallest absolute Gasteiger partial charge is 0.323 e. The van der Waals surface area contributed by atoms with E-state index < -0.39 is 0 Å². The van der Waals surface area contributed by atoms with Gasteiger partial charge in [0.05, 0.1) is 13.2 Å². The molecule has 1 aliphatic rings. The maximum Gasteiger partial charge on any atom is 0.323 e. The zero-order valence-corrected chi connectivity index (χ0v) is 10.6. The Morgan fingerprint density at radius 2 is 2.58 bits per heavy atom. The average Bonchev–Trinajstić information content (AvgIpc) is 2.82. The van der Waals surface area contributed by atoms with Gasteiger partial charge in [-0.15, -0.1) is 0 Å². The maximum atomic E-state index is 11.8. The maximum absolute atomic E-state index is 11.8. The highest BCUT2D eigenvalue weighted by Gasteiger charge is 2.36. The fourth-order valence-electron chi connectivity index (χ4n) is 2.32. The van der Waals surface area contributed by atoms with Crippen LogP contribution in [0.15, 0.2) is 29.6 Å². The summed E-state index contributed by atoms with van der Waals surface area (Å²) in [6, 6.07) is 3.25. The molecule has 7 heteroatoms. The minimum atomic E-state index is -0.360. The third-order valence-electron chi connectivity index (χ3n) is 3.18. The van der Waals surface area contributed by atoms with Gasteiger partial charge in [-0.3, -0.25) is 14.7 Å². The molecule has 0 radical (unpaired) electrons. The number of carbonyl (C=O) groups is 1. The molecule has 19 heavy (non-hydrogen) atoms. The number of carbonyl (C=O) groups excluding carboxylic acids is 1. The standard InChI is InChI=1S/C12H15N5O2/c1-19-12(18)11-5-10(15-16-13)8-17(11)7-9-3-2-4-14-6-9/h2-4,6,10-11H,5,7-8H2,1H3/t10-,11+/m1/s1. The minimum Gasteiger partial charge on any atom is -0.468 e. The van der Waals surface area contributed by atoms with Gasteiger partial charge in [-0.05, 0) is 23.6 Å². The second kappa shape index (κ2) is 6.17. The van der Waals surface area contributed by atoms with Crippen LogP contribution in [-0.2, 0) is 16.1 Å². The Balaban J connectivity index is 2.11. The molecule has 2 atom stereocenters. The van der Waals surface area contributed by atoms with Crippen molar-refractivity contribution in [2.75, 3.05) is 13.7 Å². The molecule has 2 heterocycles. The molecule has 0 unspecified atom stereocenters. The number of likely N-dealkylation sites (tertiary alicyclic amines) is 1. The lowest BCUT2D eigenvalue weighted by atomic mass is 10.2. The molecule has 0 spiro atoms. The third kappa shape index (κ3) is 3.21. The summed E-state index contributed by atoms with van der Waals surface area (Å²) in [7, 11) is 1.37. The number of aromatic nitrogens is 1. The lowest BCUT2D eigenvalue weighted by Crippen LogP contribution is -2.36. The molecular formula is C12H15N5O2. The van der Waals surface area contributed by atoms with Crippen molar-refractivity contribution < 1.29 is 9.53 Å². The number of nitrogens with zero attached hydrogens (tertiary/aromatic N) is 5. The Morgan fingerprint density at radius 3 is 3.21 bits per heavy atom. The lowest BCUT2D eigenvalue weighted by molar-refractivity contribution is -0.146. The fourth-order valence-corrected chi connectivity index (χ4v) is 2.32. The van der Waals surface area contributed by atoms with E-state index in [0.29, 0.717) is 19.5 Å². The molecule has 0 bridgehead atoms. The van der Waals surface area contributed by atoms with Gasteiger partial charge in [-0.1, -0.05) is 11.2 Å². The van der Waals surface area contributed by atoms with Crippen LogP contribution in [0.3, 0.4) is 0 Å². The van der Waals surface area contributed by atoms with Gasteiger partial charge in [0, 0.05) is 30.4 Å². The van der Waals surface area contributed by atoms with Gasteiger partial charge in [0.15, 0.2) is 0 Å². The second-order valence-corrected chi connectivity index (χ2v) is 4.42. The summed E-state index contributed by atoms with van der Waals surface area (Å²) in [5.41, 5.74) is 9.51. The number of ether oxygens (including phenoxy) is 1. The van der Waals surface area contributed by atoms with Crippen LogP contribution in [0, 0.1) is 0 Å². The number of hydrogen-bond acceptors (Lipinski definition) is 5. The van der Waals surface area contributed by atoms with Crippen molar-refractivity contribution in [3.8, 4) is 0 Å². The molecule has 1 aromatic rings. The first-order valence-corrected chi connectivity index (χ1v) is 5.99. The van der Waals surface area contributed by atoms with Crippen molar-refractivity contribution in [2.45, 2.75) is 25.0 Å².